The van der Waals surface area contributed by atoms with Crippen molar-refractivity contribution in [2.45, 2.75) is 0 Å². The third-order valence-electron chi connectivity index (χ3n) is 0.340. The van der Waals surface area contributed by atoms with Crippen LogP contribution < -0.4 is 24.0 Å². The Labute approximate surface area is 69.6 Å². The Balaban J connectivity index is 0. The predicted molar refractivity (Wildman–Crippen MR) is 25.7 cm³/mol. The van der Waals surface area contributed by atoms with Gasteiger partial charge in [0.2, 0.25) is 0 Å². The van der Waals surface area contributed by atoms with Gasteiger partial charge in [-0.15, -0.1) is 0 Å². The summed E-state index contributed by atoms with van der Waals surface area (Å²) in [4.78, 5) is 0. The first kappa shape index (κ1) is 11.3. The standard InChI is InChI=1S/C3H4Cl2O2.Li/c1-7-3(6)2(4)5;/h6H,1H3;/q;+1/p-1. The maximum atomic E-state index is 9.99. The Kier molecular flexibility index (Phi) is 8.00. The zero-order chi connectivity index (χ0) is 5.86. The smallest absolute Gasteiger partial charge is 0.615 e. The first-order valence-corrected chi connectivity index (χ1v) is 2.20. The number of ether oxygens (including phenoxy) is 1. The quantitative estimate of drug-likeness (QED) is 0.307. The van der Waals surface area contributed by atoms with Crippen molar-refractivity contribution in [2.75, 3.05) is 7.11 Å². The van der Waals surface area contributed by atoms with Crippen LogP contribution in [0.2, 0.25) is 0 Å². The fourth-order valence-electron chi connectivity index (χ4n) is 0.0772. The van der Waals surface area contributed by atoms with Crippen molar-refractivity contribution >= 4 is 23.2 Å². The van der Waals surface area contributed by atoms with E-state index in [1.54, 1.807) is 0 Å². The molecule has 0 aromatic rings. The Morgan fingerprint density at radius 1 is 1.50 bits per heavy atom. The molecule has 42 valence electrons. The van der Waals surface area contributed by atoms with Crippen LogP contribution in [-0.4, -0.2) is 7.11 Å². The van der Waals surface area contributed by atoms with Crippen LogP contribution in [0.15, 0.2) is 10.4 Å². The predicted octanol–water partition coefficient (Wildman–Crippen LogP) is -2.40. The van der Waals surface area contributed by atoms with E-state index >= 15 is 0 Å². The van der Waals surface area contributed by atoms with E-state index < -0.39 is 5.95 Å². The largest absolute Gasteiger partial charge is 1.00 e. The molecule has 0 aliphatic carbocycles. The second-order valence-electron chi connectivity index (χ2n) is 0.752. The summed E-state index contributed by atoms with van der Waals surface area (Å²) in [6.45, 7) is 0. The minimum Gasteiger partial charge on any atom is -0.615 e. The number of methoxy groups -OCH3 is 1. The molecule has 0 spiro atoms. The van der Waals surface area contributed by atoms with E-state index in [1.807, 2.05) is 0 Å². The summed E-state index contributed by atoms with van der Waals surface area (Å²) >= 11 is 9.87. The molecule has 0 amide bonds. The van der Waals surface area contributed by atoms with Crippen molar-refractivity contribution in [3.05, 3.63) is 10.4 Å². The Morgan fingerprint density at radius 2 is 1.88 bits per heavy atom. The molecular formula is C3H3Cl2LiO2. The minimum absolute atomic E-state index is 0. The van der Waals surface area contributed by atoms with Crippen LogP contribution in [0.25, 0.3) is 0 Å². The summed E-state index contributed by atoms with van der Waals surface area (Å²) in [6, 6.07) is 0. The number of hydrogen-bond donors (Lipinski definition) is 0. The van der Waals surface area contributed by atoms with Gasteiger partial charge in [0.05, 0.1) is 5.95 Å². The fraction of sp³-hybridized carbons (Fsp3) is 0.333. The van der Waals surface area contributed by atoms with E-state index in [2.05, 4.69) is 4.74 Å². The van der Waals surface area contributed by atoms with Gasteiger partial charge in [-0.05, 0) is 7.11 Å². The second-order valence-corrected chi connectivity index (χ2v) is 1.70. The van der Waals surface area contributed by atoms with Gasteiger partial charge in [-0.3, -0.25) is 0 Å². The van der Waals surface area contributed by atoms with E-state index in [-0.39, 0.29) is 23.4 Å². The van der Waals surface area contributed by atoms with E-state index in [9.17, 15) is 5.11 Å². The van der Waals surface area contributed by atoms with Crippen molar-refractivity contribution < 1.29 is 28.7 Å². The summed E-state index contributed by atoms with van der Waals surface area (Å²) in [5, 5.41) is 9.99. The number of rotatable bonds is 1. The van der Waals surface area contributed by atoms with E-state index in [0.717, 1.165) is 0 Å². The maximum Gasteiger partial charge on any atom is 1.00 e. The molecule has 0 saturated carbocycles. The van der Waals surface area contributed by atoms with Gasteiger partial charge in [-0.2, -0.15) is 0 Å². The van der Waals surface area contributed by atoms with Gasteiger partial charge >= 0.3 is 18.9 Å². The van der Waals surface area contributed by atoms with Gasteiger partial charge in [-0.25, -0.2) is 0 Å². The average molecular weight is 149 g/mol. The van der Waals surface area contributed by atoms with Gasteiger partial charge in [0.1, 0.15) is 4.49 Å². The number of halogens is 2. The van der Waals surface area contributed by atoms with Gasteiger partial charge in [0.15, 0.2) is 0 Å². The van der Waals surface area contributed by atoms with Crippen LogP contribution in [0.5, 0.6) is 0 Å². The maximum absolute atomic E-state index is 9.99. The molecule has 0 fully saturated rings. The first-order chi connectivity index (χ1) is 3.18. The van der Waals surface area contributed by atoms with Crippen LogP contribution in [0.1, 0.15) is 0 Å². The summed E-state index contributed by atoms with van der Waals surface area (Å²) in [6.07, 6.45) is 0. The zero-order valence-corrected chi connectivity index (χ0v) is 6.08. The monoisotopic (exact) mass is 148 g/mol. The van der Waals surface area contributed by atoms with Crippen LogP contribution in [0.4, 0.5) is 0 Å². The van der Waals surface area contributed by atoms with Crippen molar-refractivity contribution in [3.63, 3.8) is 0 Å². The Morgan fingerprint density at radius 3 is 1.88 bits per heavy atom. The molecule has 0 aromatic carbocycles. The third kappa shape index (κ3) is 4.67. The average Bonchev–Trinajstić information content (AvgIpc) is 1.65. The van der Waals surface area contributed by atoms with Crippen molar-refractivity contribution in [2.24, 2.45) is 0 Å². The molecule has 0 aliphatic heterocycles. The van der Waals surface area contributed by atoms with Crippen LogP contribution >= 0.6 is 23.2 Å². The second kappa shape index (κ2) is 5.65. The molecule has 0 N–H and O–H groups in total. The molecule has 0 bridgehead atoms. The molecule has 0 unspecified atom stereocenters. The summed E-state index contributed by atoms with van der Waals surface area (Å²) < 4.78 is 3.70. The zero-order valence-electron chi connectivity index (χ0n) is 4.57. The molecule has 0 heterocycles. The van der Waals surface area contributed by atoms with Crippen molar-refractivity contribution in [1.29, 1.82) is 0 Å². The Hall–Kier alpha value is 0.517. The number of hydrogen-bond acceptors (Lipinski definition) is 2. The van der Waals surface area contributed by atoms with Crippen molar-refractivity contribution in [3.8, 4) is 0 Å². The van der Waals surface area contributed by atoms with E-state index in [4.69, 9.17) is 23.2 Å². The van der Waals surface area contributed by atoms with Gasteiger partial charge < -0.3 is 9.84 Å². The third-order valence-corrected chi connectivity index (χ3v) is 0.648. The molecule has 0 rings (SSSR count). The van der Waals surface area contributed by atoms with Gasteiger partial charge in [0.25, 0.3) is 0 Å². The van der Waals surface area contributed by atoms with E-state index in [1.165, 1.54) is 7.11 Å². The van der Waals surface area contributed by atoms with Gasteiger partial charge in [-0.1, -0.05) is 23.2 Å². The summed E-state index contributed by atoms with van der Waals surface area (Å²) in [5.41, 5.74) is 0. The minimum atomic E-state index is -0.705. The molecule has 2 nitrogen and oxygen atoms in total. The molecule has 5 heteroatoms. The summed E-state index contributed by atoms with van der Waals surface area (Å²) in [5.74, 6) is -0.705. The van der Waals surface area contributed by atoms with E-state index in [0.29, 0.717) is 0 Å². The molecule has 0 aliphatic rings. The van der Waals surface area contributed by atoms with Crippen LogP contribution in [0, 0.1) is 0 Å². The van der Waals surface area contributed by atoms with Crippen LogP contribution in [-0.2, 0) is 4.74 Å². The first-order valence-electron chi connectivity index (χ1n) is 1.44. The van der Waals surface area contributed by atoms with Crippen LogP contribution in [0.3, 0.4) is 0 Å². The summed E-state index contributed by atoms with van der Waals surface area (Å²) in [7, 11) is 1.20. The van der Waals surface area contributed by atoms with Crippen molar-refractivity contribution in [1.82, 2.24) is 0 Å². The SMILES string of the molecule is COC([O-])=C(Cl)Cl.[Li+]. The molecular weight excluding hydrogens is 146 g/mol. The van der Waals surface area contributed by atoms with Gasteiger partial charge in [0, 0.05) is 0 Å². The molecule has 0 aromatic heterocycles. The molecule has 0 saturated heterocycles. The molecule has 8 heavy (non-hydrogen) atoms. The molecule has 0 radical (unpaired) electrons. The topological polar surface area (TPSA) is 32.3 Å². The normalized spacial score (nSPS) is 6.88. The fourth-order valence-corrected chi connectivity index (χ4v) is 0.231. The Bertz CT molecular complexity index is 89.3. The molecule has 0 atom stereocenters.